The van der Waals surface area contributed by atoms with Crippen LogP contribution in [-0.4, -0.2) is 116 Å². The number of methoxy groups -OCH3 is 1. The minimum Gasteiger partial charge on any atom is -0.508 e. The van der Waals surface area contributed by atoms with Crippen molar-refractivity contribution in [3.05, 3.63) is 166 Å². The summed E-state index contributed by atoms with van der Waals surface area (Å²) in [5.41, 5.74) is -0.772. The number of aromatic amines is 1. The number of rotatable bonds is 23. The van der Waals surface area contributed by atoms with E-state index in [2.05, 4.69) is 31.2 Å². The number of nitrogens with one attached hydrogen (secondary N) is 5. The lowest BCUT2D eigenvalue weighted by molar-refractivity contribution is -0.144. The fourth-order valence-electron chi connectivity index (χ4n) is 9.36. The van der Waals surface area contributed by atoms with Gasteiger partial charge in [-0.3, -0.25) is 33.6 Å². The Bertz CT molecular complexity index is 3900. The third-order valence-corrected chi connectivity index (χ3v) is 13.6. The van der Waals surface area contributed by atoms with E-state index < -0.39 is 126 Å². The first-order chi connectivity index (χ1) is 40.0. The maximum absolute atomic E-state index is 14.8. The van der Waals surface area contributed by atoms with Gasteiger partial charge in [-0.1, -0.05) is 30.3 Å². The molecular weight excluding hydrogens is 1100 g/mol. The minimum absolute atomic E-state index is 0.0474. The van der Waals surface area contributed by atoms with Gasteiger partial charge in [0.25, 0.3) is 5.91 Å². The zero-order valence-corrected chi connectivity index (χ0v) is 44.8. The Hall–Kier alpha value is -10.5. The number of hydrogen-bond acceptors (Lipinski definition) is 15. The summed E-state index contributed by atoms with van der Waals surface area (Å²) in [4.78, 5) is 142. The smallest absolute Gasteiger partial charge is 0.416 e. The van der Waals surface area contributed by atoms with Crippen molar-refractivity contribution < 1.29 is 80.4 Å². The number of H-pyrrole nitrogens is 1. The molecule has 2 aromatic heterocycles. The molecule has 84 heavy (non-hydrogen) atoms. The first kappa shape index (κ1) is 59.7. The number of fused-ring (bicyclic) bond motifs is 3. The number of carboxylic acids is 1. The number of esters is 2. The predicted molar refractivity (Wildman–Crippen MR) is 292 cm³/mol. The molecule has 7 N–H and O–H groups in total. The fraction of sp³-hybridized carbons (Fsp3) is 0.237. The Kier molecular flexibility index (Phi) is 18.1. The van der Waals surface area contributed by atoms with Crippen LogP contribution in [0.15, 0.2) is 131 Å². The number of carbonyl (C=O) groups is 9. The van der Waals surface area contributed by atoms with E-state index in [0.717, 1.165) is 25.3 Å². The largest absolute Gasteiger partial charge is 0.508 e. The molecule has 4 amide bonds. The van der Waals surface area contributed by atoms with E-state index in [9.17, 15) is 71.3 Å². The van der Waals surface area contributed by atoms with Crippen molar-refractivity contribution in [3.63, 3.8) is 0 Å². The van der Waals surface area contributed by atoms with E-state index in [1.807, 2.05) is 0 Å². The van der Waals surface area contributed by atoms with Crippen LogP contribution in [0.4, 0.5) is 13.2 Å². The summed E-state index contributed by atoms with van der Waals surface area (Å²) in [6.07, 6.45) is -3.02. The van der Waals surface area contributed by atoms with Gasteiger partial charge in [0.15, 0.2) is 17.8 Å². The van der Waals surface area contributed by atoms with Gasteiger partial charge >= 0.3 is 24.1 Å². The van der Waals surface area contributed by atoms with Gasteiger partial charge in [0.1, 0.15) is 47.0 Å². The lowest BCUT2D eigenvalue weighted by atomic mass is 9.89. The van der Waals surface area contributed by atoms with Crippen molar-refractivity contribution in [1.82, 2.24) is 35.8 Å². The molecule has 22 nitrogen and oxygen atoms in total. The second kappa shape index (κ2) is 25.6. The number of ketones is 2. The number of Topliss-reactive ketones (excluding diaryl/α,β-unsaturated/α-hetero) is 2. The van der Waals surface area contributed by atoms with Gasteiger partial charge in [-0.05, 0) is 85.1 Å². The number of aryl methyl sites for hydroxylation is 1. The molecule has 3 heterocycles. The fourth-order valence-corrected chi connectivity index (χ4v) is 9.36. The van der Waals surface area contributed by atoms with Crippen molar-refractivity contribution in [3.8, 4) is 28.2 Å². The van der Waals surface area contributed by atoms with Crippen molar-refractivity contribution in [2.24, 2.45) is 7.05 Å². The number of phenolic OH excluding ortho intramolecular Hbond substituents is 1. The average Bonchev–Trinajstić information content (AvgIpc) is 4.01. The van der Waals surface area contributed by atoms with E-state index in [-0.39, 0.29) is 74.3 Å². The lowest BCUT2D eigenvalue weighted by Gasteiger charge is -2.26. The summed E-state index contributed by atoms with van der Waals surface area (Å²) in [7, 11) is 2.49. The number of hydrogen-bond donors (Lipinski definition) is 7. The first-order valence-electron chi connectivity index (χ1n) is 25.7. The average molecular weight is 1160 g/mol. The maximum Gasteiger partial charge on any atom is 0.416 e. The standard InChI is InChI=1S/C59H52F3N7O15/c1-30(70)9-18-43(54(76)68-46(22-35-26-63-29-64-35)56(78)66-44(25-51(74)82-3)48(73)28-83-58(81)31-7-5-4-6-8-31)65-55(77)45(20-33-27-69(2)47-21-34(59(60,61)62)11-15-38(33)47)67-53(75)32-10-14-39(42(19-32)57(79)80)52-40-16-12-36(71)23-49(40)84-50-24-37(72)13-17-41(50)52/h4-8,10-17,19,21,23-24,26-27,29,43-46,71H,9,18,20,22,25,28H2,1-3H3,(H,63,64)(H,65,77)(H,66,78)(H,67,75)(H,68,76)(H,79,80). The predicted octanol–water partition coefficient (Wildman–Crippen LogP) is 5.60. The van der Waals surface area contributed by atoms with Gasteiger partial charge in [-0.25, -0.2) is 14.6 Å². The highest BCUT2D eigenvalue weighted by Gasteiger charge is 2.35. The number of benzene rings is 5. The molecule has 0 spiro atoms. The van der Waals surface area contributed by atoms with Crippen LogP contribution in [0.2, 0.25) is 0 Å². The molecule has 2 aliphatic rings. The summed E-state index contributed by atoms with van der Waals surface area (Å²) in [5, 5.41) is 31.6. The van der Waals surface area contributed by atoms with Crippen molar-refractivity contribution >= 4 is 75.0 Å². The third kappa shape index (κ3) is 14.2. The van der Waals surface area contributed by atoms with Crippen LogP contribution in [0.3, 0.4) is 0 Å². The SMILES string of the molecule is COC(=O)CC(NC(=O)C(Cc1cnc[nH]1)NC(=O)C(CCC(C)=O)NC(=O)C(Cc1cn(C)c2cc(C(F)(F)F)ccc12)NC(=O)c1ccc(-c2c3ccc(=O)cc-3oc3cc(O)ccc23)c(C(=O)O)c1)C(=O)COC(=O)c1ccccc1. The maximum atomic E-state index is 14.8. The number of phenols is 1. The van der Waals surface area contributed by atoms with Crippen LogP contribution in [0.1, 0.15) is 74.1 Å². The number of amides is 4. The number of carboxylic acid groups (broad SMARTS) is 1. The van der Waals surface area contributed by atoms with Gasteiger partial charge in [0, 0.05) is 89.5 Å². The molecule has 0 radical (unpaired) electrons. The Labute approximate surface area is 473 Å². The summed E-state index contributed by atoms with van der Waals surface area (Å²) in [5.74, 6) is -9.17. The Morgan fingerprint density at radius 1 is 0.762 bits per heavy atom. The molecule has 25 heteroatoms. The third-order valence-electron chi connectivity index (χ3n) is 13.6. The van der Waals surface area contributed by atoms with Crippen LogP contribution in [0.5, 0.6) is 5.75 Å². The van der Waals surface area contributed by atoms with Crippen LogP contribution < -0.4 is 26.7 Å². The number of ether oxygens (including phenoxy) is 2. The number of alkyl halides is 3. The number of imidazole rings is 1. The number of carbonyl (C=O) groups excluding carboxylic acids is 8. The Balaban J connectivity index is 1.11. The van der Waals surface area contributed by atoms with E-state index in [1.165, 1.54) is 104 Å². The van der Waals surface area contributed by atoms with E-state index >= 15 is 0 Å². The van der Waals surface area contributed by atoms with Crippen LogP contribution in [0.25, 0.3) is 44.3 Å². The second-order valence-electron chi connectivity index (χ2n) is 19.5. The van der Waals surface area contributed by atoms with E-state index in [4.69, 9.17) is 13.9 Å². The highest BCUT2D eigenvalue weighted by molar-refractivity contribution is 6.09. The van der Waals surface area contributed by atoms with Crippen LogP contribution in [-0.2, 0) is 64.3 Å². The number of halogens is 3. The second-order valence-corrected chi connectivity index (χ2v) is 19.5. The molecule has 0 fully saturated rings. The molecule has 0 saturated heterocycles. The van der Waals surface area contributed by atoms with E-state index in [1.54, 1.807) is 18.2 Å². The van der Waals surface area contributed by atoms with Crippen molar-refractivity contribution in [1.29, 1.82) is 0 Å². The summed E-state index contributed by atoms with van der Waals surface area (Å²) >= 11 is 0. The zero-order chi connectivity index (χ0) is 60.6. The number of aromatic hydroxyl groups is 1. The molecule has 1 aliphatic carbocycles. The number of aromatic carboxylic acids is 1. The molecule has 0 saturated carbocycles. The monoisotopic (exact) mass is 1160 g/mol. The van der Waals surface area contributed by atoms with Crippen LogP contribution >= 0.6 is 0 Å². The first-order valence-corrected chi connectivity index (χ1v) is 25.7. The molecule has 6 aromatic rings. The lowest BCUT2D eigenvalue weighted by Crippen LogP contribution is -2.58. The zero-order valence-electron chi connectivity index (χ0n) is 44.8. The van der Waals surface area contributed by atoms with Gasteiger partial charge in [-0.15, -0.1) is 0 Å². The van der Waals surface area contributed by atoms with Crippen LogP contribution in [0, 0.1) is 0 Å². The van der Waals surface area contributed by atoms with Gasteiger partial charge in [0.2, 0.25) is 17.7 Å². The molecule has 434 valence electrons. The quantitative estimate of drug-likeness (QED) is 0.0303. The van der Waals surface area contributed by atoms with Gasteiger partial charge < -0.3 is 59.7 Å². The molecule has 4 atom stereocenters. The molecule has 8 rings (SSSR count). The molecular formula is C59H52F3N7O15. The topological polar surface area (TPSA) is 324 Å². The highest BCUT2D eigenvalue weighted by atomic mass is 19.4. The summed E-state index contributed by atoms with van der Waals surface area (Å²) in [6, 6.07) is 15.3. The van der Waals surface area contributed by atoms with Gasteiger partial charge in [-0.2, -0.15) is 13.2 Å². The molecule has 4 aromatic carbocycles. The minimum atomic E-state index is -4.73. The molecule has 0 bridgehead atoms. The number of nitrogens with zero attached hydrogens (tertiary/aromatic N) is 2. The summed E-state index contributed by atoms with van der Waals surface area (Å²) < 4.78 is 58.9. The molecule has 1 aliphatic heterocycles. The Morgan fingerprint density at radius 2 is 1.44 bits per heavy atom. The van der Waals surface area contributed by atoms with Crippen molar-refractivity contribution in [2.75, 3.05) is 13.7 Å². The van der Waals surface area contributed by atoms with Gasteiger partial charge in [0.05, 0.1) is 36.5 Å². The Morgan fingerprint density at radius 3 is 2.12 bits per heavy atom. The number of aromatic nitrogens is 3. The summed E-state index contributed by atoms with van der Waals surface area (Å²) in [6.45, 7) is 0.303. The van der Waals surface area contributed by atoms with E-state index in [0.29, 0.717) is 10.9 Å². The highest BCUT2D eigenvalue weighted by Crippen LogP contribution is 2.42. The normalized spacial score (nSPS) is 12.8. The molecule has 4 unspecified atom stereocenters. The van der Waals surface area contributed by atoms with Crippen molar-refractivity contribution in [2.45, 2.75) is 69.4 Å².